The number of nitriles is 1. The molecule has 0 unspecified atom stereocenters. The van der Waals surface area contributed by atoms with Gasteiger partial charge in [-0.2, -0.15) is 5.26 Å². The van der Waals surface area contributed by atoms with E-state index < -0.39 is 11.6 Å². The van der Waals surface area contributed by atoms with Crippen molar-refractivity contribution in [2.45, 2.75) is 0 Å². The average molecular weight is 852 g/mol. The maximum Gasteiger partial charge on any atom is 0.126 e. The second-order valence-corrected chi connectivity index (χ2v) is 16.4. The second-order valence-electron chi connectivity index (χ2n) is 16.4. The van der Waals surface area contributed by atoms with Crippen LogP contribution in [0.1, 0.15) is 5.56 Å². The second kappa shape index (κ2) is 15.7. The SMILES string of the molecule is N#Cc1cc(-n2c3ccccc3c3ccc(-c4ccc(-c5ccccc5)nc4)cc32)c(-c2cc(F)cc(F)c2)cc1-n1c2ccccc2c2ccc(-c3ccc(-c4ccccc4)nc3)cc21. The van der Waals surface area contributed by atoms with Gasteiger partial charge in [-0.1, -0.05) is 133 Å². The topological polar surface area (TPSA) is 59.4 Å². The van der Waals surface area contributed by atoms with Gasteiger partial charge in [0, 0.05) is 67.8 Å². The zero-order valence-electron chi connectivity index (χ0n) is 35.2. The highest BCUT2D eigenvalue weighted by molar-refractivity contribution is 6.12. The Balaban J connectivity index is 1.09. The van der Waals surface area contributed by atoms with Crippen LogP contribution in [0.3, 0.4) is 0 Å². The number of para-hydroxylation sites is 2. The third kappa shape index (κ3) is 6.51. The van der Waals surface area contributed by atoms with E-state index in [9.17, 15) is 5.26 Å². The molecule has 310 valence electrons. The van der Waals surface area contributed by atoms with Crippen LogP contribution in [-0.2, 0) is 0 Å². The van der Waals surface area contributed by atoms with Crippen LogP contribution in [0.5, 0.6) is 0 Å². The molecule has 12 rings (SSSR count). The molecule has 12 aromatic rings. The molecule has 5 nitrogen and oxygen atoms in total. The van der Waals surface area contributed by atoms with Crippen molar-refractivity contribution in [2.75, 3.05) is 0 Å². The third-order valence-corrected chi connectivity index (χ3v) is 12.6. The molecule has 0 atom stereocenters. The van der Waals surface area contributed by atoms with Crippen LogP contribution >= 0.6 is 0 Å². The lowest BCUT2D eigenvalue weighted by Crippen LogP contribution is -2.04. The first kappa shape index (κ1) is 38.7. The zero-order valence-corrected chi connectivity index (χ0v) is 35.2. The molecule has 0 fully saturated rings. The fraction of sp³-hybridized carbons (Fsp3) is 0. The van der Waals surface area contributed by atoms with Gasteiger partial charge in [-0.25, -0.2) is 8.78 Å². The highest BCUT2D eigenvalue weighted by atomic mass is 19.1. The van der Waals surface area contributed by atoms with E-state index in [1.54, 1.807) is 0 Å². The number of aromatic nitrogens is 4. The van der Waals surface area contributed by atoms with Crippen LogP contribution in [0, 0.1) is 23.0 Å². The Hall–Kier alpha value is -8.99. The summed E-state index contributed by atoms with van der Waals surface area (Å²) < 4.78 is 35.0. The van der Waals surface area contributed by atoms with Crippen LogP contribution in [0.25, 0.3) is 111 Å². The van der Waals surface area contributed by atoms with Gasteiger partial charge in [0.25, 0.3) is 0 Å². The number of fused-ring (bicyclic) bond motifs is 6. The summed E-state index contributed by atoms with van der Waals surface area (Å²) in [6, 6.07) is 67.1. The lowest BCUT2D eigenvalue weighted by molar-refractivity contribution is 0.584. The summed E-state index contributed by atoms with van der Waals surface area (Å²) in [5.41, 5.74) is 13.5. The van der Waals surface area contributed by atoms with Gasteiger partial charge in [-0.3, -0.25) is 9.97 Å². The summed E-state index contributed by atoms with van der Waals surface area (Å²) in [5.74, 6) is -1.41. The minimum atomic E-state index is -0.703. The smallest absolute Gasteiger partial charge is 0.126 e. The molecule has 66 heavy (non-hydrogen) atoms. The molecule has 0 radical (unpaired) electrons. The molecule has 0 N–H and O–H groups in total. The highest BCUT2D eigenvalue weighted by Crippen LogP contribution is 2.42. The summed E-state index contributed by atoms with van der Waals surface area (Å²) in [5, 5.41) is 15.2. The van der Waals surface area contributed by atoms with E-state index in [1.165, 1.54) is 12.1 Å². The fourth-order valence-electron chi connectivity index (χ4n) is 9.48. The van der Waals surface area contributed by atoms with E-state index >= 15 is 8.78 Å². The first-order valence-electron chi connectivity index (χ1n) is 21.6. The summed E-state index contributed by atoms with van der Waals surface area (Å²) >= 11 is 0. The van der Waals surface area contributed by atoms with Crippen LogP contribution < -0.4 is 0 Å². The zero-order chi connectivity index (χ0) is 44.3. The van der Waals surface area contributed by atoms with Crippen molar-refractivity contribution in [3.05, 3.63) is 230 Å². The van der Waals surface area contributed by atoms with E-state index in [1.807, 2.05) is 134 Å². The largest absolute Gasteiger partial charge is 0.309 e. The van der Waals surface area contributed by atoms with Crippen molar-refractivity contribution in [3.8, 4) is 73.3 Å². The molecule has 4 aromatic heterocycles. The lowest BCUT2D eigenvalue weighted by Gasteiger charge is -2.19. The molecule has 0 spiro atoms. The van der Waals surface area contributed by atoms with Crippen molar-refractivity contribution < 1.29 is 8.78 Å². The minimum Gasteiger partial charge on any atom is -0.309 e. The average Bonchev–Trinajstić information content (AvgIpc) is 3.88. The van der Waals surface area contributed by atoms with Gasteiger partial charge in [-0.15, -0.1) is 0 Å². The quantitative estimate of drug-likeness (QED) is 0.160. The molecule has 0 aliphatic carbocycles. The Bertz CT molecular complexity index is 3860. The summed E-state index contributed by atoms with van der Waals surface area (Å²) in [6.45, 7) is 0. The van der Waals surface area contributed by atoms with Crippen molar-refractivity contribution in [1.82, 2.24) is 19.1 Å². The first-order chi connectivity index (χ1) is 32.5. The van der Waals surface area contributed by atoms with Gasteiger partial charge in [0.05, 0.1) is 50.4 Å². The van der Waals surface area contributed by atoms with Crippen molar-refractivity contribution in [2.24, 2.45) is 0 Å². The van der Waals surface area contributed by atoms with E-state index in [2.05, 4.69) is 75.9 Å². The van der Waals surface area contributed by atoms with Crippen LogP contribution in [-0.4, -0.2) is 19.1 Å². The van der Waals surface area contributed by atoms with Crippen molar-refractivity contribution in [1.29, 1.82) is 5.26 Å². The number of hydrogen-bond acceptors (Lipinski definition) is 3. The third-order valence-electron chi connectivity index (χ3n) is 12.6. The molecule has 8 aromatic carbocycles. The number of nitrogens with zero attached hydrogens (tertiary/aromatic N) is 5. The van der Waals surface area contributed by atoms with Crippen molar-refractivity contribution >= 4 is 43.6 Å². The van der Waals surface area contributed by atoms with Crippen LogP contribution in [0.2, 0.25) is 0 Å². The molecule has 0 aliphatic heterocycles. The van der Waals surface area contributed by atoms with Gasteiger partial charge in [0.2, 0.25) is 0 Å². The molecule has 0 saturated carbocycles. The van der Waals surface area contributed by atoms with Gasteiger partial charge in [0.15, 0.2) is 0 Å². The molecule has 4 heterocycles. The molecule has 7 heteroatoms. The Morgan fingerprint density at radius 1 is 0.364 bits per heavy atom. The van der Waals surface area contributed by atoms with Gasteiger partial charge in [-0.05, 0) is 77.4 Å². The molecular formula is C59H35F2N5. The number of pyridine rings is 2. The Morgan fingerprint density at radius 2 is 0.818 bits per heavy atom. The number of hydrogen-bond donors (Lipinski definition) is 0. The molecule has 0 amide bonds. The van der Waals surface area contributed by atoms with Crippen LogP contribution in [0.15, 0.2) is 213 Å². The van der Waals surface area contributed by atoms with E-state index in [0.717, 1.165) is 94.4 Å². The molecule has 0 saturated heterocycles. The molecular weight excluding hydrogens is 817 g/mol. The Kier molecular flexibility index (Phi) is 9.18. The standard InChI is InChI=1S/C59H35F2N5/c60-45-27-43(28-46(61)32-45)51-33-56(65-54-17-9-7-15-47(54)49-23-19-39(29-57(49)65)41-21-25-52(63-35-41)37-11-3-1-4-12-37)44(34-62)31-59(51)66-55-18-10-8-16-48(55)50-24-20-40(30-58(50)66)42-22-26-53(64-36-42)38-13-5-2-6-14-38/h1-33,35-36H. The number of benzene rings is 8. The fourth-order valence-corrected chi connectivity index (χ4v) is 9.48. The number of rotatable bonds is 7. The lowest BCUT2D eigenvalue weighted by atomic mass is 9.98. The Morgan fingerprint density at radius 3 is 1.30 bits per heavy atom. The first-order valence-corrected chi connectivity index (χ1v) is 21.6. The van der Waals surface area contributed by atoms with E-state index in [4.69, 9.17) is 9.97 Å². The highest BCUT2D eigenvalue weighted by Gasteiger charge is 2.23. The maximum absolute atomic E-state index is 15.4. The molecule has 0 aliphatic rings. The van der Waals surface area contributed by atoms with Gasteiger partial charge >= 0.3 is 0 Å². The monoisotopic (exact) mass is 851 g/mol. The van der Waals surface area contributed by atoms with E-state index in [0.29, 0.717) is 28.1 Å². The normalized spacial score (nSPS) is 11.5. The van der Waals surface area contributed by atoms with Gasteiger partial charge < -0.3 is 9.13 Å². The number of halogens is 2. The predicted molar refractivity (Wildman–Crippen MR) is 263 cm³/mol. The van der Waals surface area contributed by atoms with Gasteiger partial charge in [0.1, 0.15) is 17.7 Å². The van der Waals surface area contributed by atoms with E-state index in [-0.39, 0.29) is 0 Å². The summed E-state index contributed by atoms with van der Waals surface area (Å²) in [6.07, 6.45) is 3.77. The van der Waals surface area contributed by atoms with Crippen molar-refractivity contribution in [3.63, 3.8) is 0 Å². The van der Waals surface area contributed by atoms with Crippen LogP contribution in [0.4, 0.5) is 8.78 Å². The minimum absolute atomic E-state index is 0.335. The summed E-state index contributed by atoms with van der Waals surface area (Å²) in [7, 11) is 0. The Labute approximate surface area is 378 Å². The predicted octanol–water partition coefficient (Wildman–Crippen LogP) is 15.2. The summed E-state index contributed by atoms with van der Waals surface area (Å²) in [4.78, 5) is 9.63. The maximum atomic E-state index is 15.4. The molecule has 0 bridgehead atoms.